The molecule has 0 radical (unpaired) electrons. The Labute approximate surface area is 154 Å². The van der Waals surface area contributed by atoms with E-state index >= 15 is 0 Å². The van der Waals surface area contributed by atoms with Crippen LogP contribution < -0.4 is 0 Å². The number of amides is 1. The maximum absolute atomic E-state index is 12.7. The fraction of sp³-hybridized carbons (Fsp3) is 0.294. The van der Waals surface area contributed by atoms with Gasteiger partial charge in [-0.3, -0.25) is 14.5 Å². The fourth-order valence-electron chi connectivity index (χ4n) is 2.56. The van der Waals surface area contributed by atoms with Crippen molar-refractivity contribution in [1.82, 2.24) is 4.90 Å². The van der Waals surface area contributed by atoms with Gasteiger partial charge in [0.05, 0.1) is 4.91 Å². The minimum Gasteiger partial charge on any atom is -0.481 e. The van der Waals surface area contributed by atoms with Crippen molar-refractivity contribution in [1.29, 1.82) is 0 Å². The Balaban J connectivity index is 2.34. The van der Waals surface area contributed by atoms with Crippen LogP contribution in [0.25, 0.3) is 6.08 Å². The molecule has 0 spiro atoms. The van der Waals surface area contributed by atoms with Crippen molar-refractivity contribution in [3.8, 4) is 0 Å². The molecule has 0 saturated carbocycles. The predicted molar refractivity (Wildman–Crippen MR) is 99.2 cm³/mol. The quantitative estimate of drug-likeness (QED) is 0.580. The average molecular weight is 379 g/mol. The molecule has 1 aliphatic heterocycles. The molecule has 8 heteroatoms. The van der Waals surface area contributed by atoms with Gasteiger partial charge in [0.1, 0.15) is 10.4 Å². The van der Waals surface area contributed by atoms with Gasteiger partial charge in [-0.25, -0.2) is 4.79 Å². The van der Waals surface area contributed by atoms with Gasteiger partial charge in [-0.05, 0) is 43.0 Å². The molecule has 1 heterocycles. The van der Waals surface area contributed by atoms with E-state index < -0.39 is 23.9 Å². The molecule has 1 fully saturated rings. The van der Waals surface area contributed by atoms with Gasteiger partial charge < -0.3 is 10.2 Å². The van der Waals surface area contributed by atoms with Crippen LogP contribution in [-0.2, 0) is 14.4 Å². The van der Waals surface area contributed by atoms with E-state index in [1.54, 1.807) is 6.08 Å². The summed E-state index contributed by atoms with van der Waals surface area (Å²) in [6.07, 6.45) is 1.15. The van der Waals surface area contributed by atoms with E-state index in [2.05, 4.69) is 0 Å². The van der Waals surface area contributed by atoms with Gasteiger partial charge in [-0.15, -0.1) is 0 Å². The molecule has 1 aliphatic rings. The number of hydrogen-bond acceptors (Lipinski definition) is 5. The lowest BCUT2D eigenvalue weighted by molar-refractivity contribution is -0.146. The summed E-state index contributed by atoms with van der Waals surface area (Å²) in [4.78, 5) is 36.2. The molecule has 0 aromatic heterocycles. The molecule has 0 aliphatic carbocycles. The highest BCUT2D eigenvalue weighted by Crippen LogP contribution is 2.35. The van der Waals surface area contributed by atoms with Crippen molar-refractivity contribution in [3.05, 3.63) is 39.8 Å². The van der Waals surface area contributed by atoms with E-state index in [-0.39, 0.29) is 17.2 Å². The van der Waals surface area contributed by atoms with Crippen LogP contribution in [0.15, 0.2) is 23.1 Å². The summed E-state index contributed by atoms with van der Waals surface area (Å²) in [7, 11) is 0. The summed E-state index contributed by atoms with van der Waals surface area (Å²) < 4.78 is 0.125. The van der Waals surface area contributed by atoms with Crippen molar-refractivity contribution >= 4 is 52.2 Å². The monoisotopic (exact) mass is 379 g/mol. The summed E-state index contributed by atoms with van der Waals surface area (Å²) in [5, 5.41) is 18.2. The zero-order chi connectivity index (χ0) is 18.7. The highest BCUT2D eigenvalue weighted by Gasteiger charge is 2.40. The molecular formula is C17H17NO5S2. The van der Waals surface area contributed by atoms with Gasteiger partial charge in [0.2, 0.25) is 0 Å². The Hall–Kier alpha value is -2.19. The van der Waals surface area contributed by atoms with E-state index in [0.717, 1.165) is 33.4 Å². The third-order valence-electron chi connectivity index (χ3n) is 3.87. The summed E-state index contributed by atoms with van der Waals surface area (Å²) in [6.45, 7) is 3.85. The van der Waals surface area contributed by atoms with E-state index in [9.17, 15) is 19.5 Å². The minimum atomic E-state index is -1.28. The standard InChI is InChI=1S/C17H17NO5S2/c1-9-4-3-5-10(2)11(9)8-13-15(21)18(17(24)25-13)12(16(22)23)6-7-14(19)20/h3-5,8,12H,6-7H2,1-2H3,(H,19,20)(H,22,23)/b13-8-/t12-/m0/s1. The molecule has 1 aromatic carbocycles. The second kappa shape index (κ2) is 7.79. The van der Waals surface area contributed by atoms with Crippen LogP contribution in [0.5, 0.6) is 0 Å². The maximum atomic E-state index is 12.7. The third-order valence-corrected chi connectivity index (χ3v) is 5.20. The summed E-state index contributed by atoms with van der Waals surface area (Å²) in [5.74, 6) is -2.90. The molecule has 1 aromatic rings. The summed E-state index contributed by atoms with van der Waals surface area (Å²) in [6, 6.07) is 4.48. The number of carboxylic acids is 2. The number of rotatable bonds is 6. The first-order valence-corrected chi connectivity index (χ1v) is 8.72. The molecule has 2 N–H and O–H groups in total. The number of thioether (sulfide) groups is 1. The molecule has 25 heavy (non-hydrogen) atoms. The molecular weight excluding hydrogens is 362 g/mol. The second-order valence-electron chi connectivity index (χ2n) is 5.64. The van der Waals surface area contributed by atoms with E-state index in [1.165, 1.54) is 0 Å². The number of hydrogen-bond donors (Lipinski definition) is 2. The van der Waals surface area contributed by atoms with Gasteiger partial charge in [0.15, 0.2) is 0 Å². The second-order valence-corrected chi connectivity index (χ2v) is 7.32. The van der Waals surface area contributed by atoms with Crippen LogP contribution in [-0.4, -0.2) is 43.3 Å². The van der Waals surface area contributed by atoms with Crippen LogP contribution in [0, 0.1) is 13.8 Å². The number of carboxylic acid groups (broad SMARTS) is 2. The molecule has 1 amide bonds. The first-order valence-electron chi connectivity index (χ1n) is 7.50. The number of nitrogens with zero attached hydrogens (tertiary/aromatic N) is 1. The molecule has 2 rings (SSSR count). The number of carbonyl (C=O) groups excluding carboxylic acids is 1. The fourth-order valence-corrected chi connectivity index (χ4v) is 3.90. The van der Waals surface area contributed by atoms with E-state index in [4.69, 9.17) is 17.3 Å². The van der Waals surface area contributed by atoms with Crippen molar-refractivity contribution in [2.75, 3.05) is 0 Å². The normalized spacial score (nSPS) is 17.2. The van der Waals surface area contributed by atoms with Gasteiger partial charge in [-0.2, -0.15) is 0 Å². The van der Waals surface area contributed by atoms with Crippen molar-refractivity contribution < 1.29 is 24.6 Å². The molecule has 132 valence electrons. The van der Waals surface area contributed by atoms with Crippen LogP contribution in [0.2, 0.25) is 0 Å². The highest BCUT2D eigenvalue weighted by atomic mass is 32.2. The predicted octanol–water partition coefficient (Wildman–Crippen LogP) is 2.82. The van der Waals surface area contributed by atoms with Gasteiger partial charge >= 0.3 is 11.9 Å². The molecule has 0 unspecified atom stereocenters. The van der Waals surface area contributed by atoms with Crippen LogP contribution in [0.3, 0.4) is 0 Å². The number of benzene rings is 1. The topological polar surface area (TPSA) is 94.9 Å². The first-order chi connectivity index (χ1) is 11.7. The summed E-state index contributed by atoms with van der Waals surface area (Å²) >= 11 is 6.20. The molecule has 0 bridgehead atoms. The van der Waals surface area contributed by atoms with Crippen molar-refractivity contribution in [2.24, 2.45) is 0 Å². The van der Waals surface area contributed by atoms with E-state index in [1.807, 2.05) is 32.0 Å². The average Bonchev–Trinajstić information content (AvgIpc) is 2.78. The Bertz CT molecular complexity index is 767. The molecule has 1 saturated heterocycles. The lowest BCUT2D eigenvalue weighted by Crippen LogP contribution is -2.44. The van der Waals surface area contributed by atoms with Gasteiger partial charge in [0.25, 0.3) is 5.91 Å². The lowest BCUT2D eigenvalue weighted by atomic mass is 10.0. The lowest BCUT2D eigenvalue weighted by Gasteiger charge is -2.22. The number of carbonyl (C=O) groups is 3. The van der Waals surface area contributed by atoms with Crippen LogP contribution in [0.4, 0.5) is 0 Å². The molecule has 1 atom stereocenters. The maximum Gasteiger partial charge on any atom is 0.326 e. The van der Waals surface area contributed by atoms with Crippen LogP contribution in [0.1, 0.15) is 29.5 Å². The zero-order valence-corrected chi connectivity index (χ0v) is 15.3. The number of thiocarbonyl (C=S) groups is 1. The van der Waals surface area contributed by atoms with Gasteiger partial charge in [-0.1, -0.05) is 42.2 Å². The Morgan fingerprint density at radius 3 is 2.40 bits per heavy atom. The van der Waals surface area contributed by atoms with E-state index in [0.29, 0.717) is 4.91 Å². The number of aliphatic carboxylic acids is 2. The highest BCUT2D eigenvalue weighted by molar-refractivity contribution is 8.26. The summed E-state index contributed by atoms with van der Waals surface area (Å²) in [5.41, 5.74) is 2.87. The zero-order valence-electron chi connectivity index (χ0n) is 13.7. The number of aryl methyl sites for hydroxylation is 2. The third kappa shape index (κ3) is 4.26. The molecule has 6 nitrogen and oxygen atoms in total. The first kappa shape index (κ1) is 19.1. The smallest absolute Gasteiger partial charge is 0.326 e. The Kier molecular flexibility index (Phi) is 5.97. The van der Waals surface area contributed by atoms with Crippen LogP contribution >= 0.6 is 24.0 Å². The van der Waals surface area contributed by atoms with Crippen molar-refractivity contribution in [3.63, 3.8) is 0 Å². The Morgan fingerprint density at radius 1 is 1.28 bits per heavy atom. The van der Waals surface area contributed by atoms with Crippen molar-refractivity contribution in [2.45, 2.75) is 32.7 Å². The largest absolute Gasteiger partial charge is 0.481 e. The van der Waals surface area contributed by atoms with Gasteiger partial charge in [0, 0.05) is 6.42 Å². The SMILES string of the molecule is Cc1cccc(C)c1/C=C1\SC(=S)N([C@@H](CCC(=O)O)C(=O)O)C1=O. The Morgan fingerprint density at radius 2 is 1.88 bits per heavy atom. The minimum absolute atomic E-state index is 0.125.